The Hall–Kier alpha value is -0.610. The van der Waals surface area contributed by atoms with Gasteiger partial charge in [0.2, 0.25) is 5.91 Å². The molecule has 1 heterocycles. The first-order valence-corrected chi connectivity index (χ1v) is 4.26. The molecule has 0 aromatic carbocycles. The molecule has 1 aliphatic heterocycles. The quantitative estimate of drug-likeness (QED) is 0.621. The molecule has 0 aliphatic carbocycles. The van der Waals surface area contributed by atoms with Crippen LogP contribution in [0.2, 0.25) is 0 Å². The molecule has 1 rings (SSSR count). The third-order valence-electron chi connectivity index (χ3n) is 1.68. The third kappa shape index (κ3) is 3.69. The van der Waals surface area contributed by atoms with Crippen molar-refractivity contribution in [1.82, 2.24) is 5.32 Å². The Balaban J connectivity index is 1.91. The van der Waals surface area contributed by atoms with Crippen LogP contribution in [0.4, 0.5) is 0 Å². The Labute approximate surface area is 72.2 Å². The zero-order chi connectivity index (χ0) is 8.81. The van der Waals surface area contributed by atoms with Crippen LogP contribution in [0.3, 0.4) is 0 Å². The summed E-state index contributed by atoms with van der Waals surface area (Å²) in [5.41, 5.74) is 0. The molecule has 0 aromatic rings. The van der Waals surface area contributed by atoms with E-state index in [-0.39, 0.29) is 12.2 Å². The number of nitrogens with one attached hydrogen (secondary N) is 1. The van der Waals surface area contributed by atoms with E-state index in [9.17, 15) is 4.79 Å². The highest BCUT2D eigenvalue weighted by Crippen LogP contribution is 2.08. The van der Waals surface area contributed by atoms with Gasteiger partial charge in [-0.15, -0.1) is 0 Å². The molecule has 12 heavy (non-hydrogen) atoms. The molecule has 4 nitrogen and oxygen atoms in total. The Morgan fingerprint density at radius 2 is 2.17 bits per heavy atom. The van der Waals surface area contributed by atoms with Gasteiger partial charge in [-0.25, -0.2) is 0 Å². The standard InChI is InChI=1S/C8H15NO3/c1-7(10)9-4-2-3-8-11-5-6-12-8/h8H,2-6H2,1H3,(H,9,10). The zero-order valence-corrected chi connectivity index (χ0v) is 7.34. The van der Waals surface area contributed by atoms with Crippen LogP contribution in [-0.4, -0.2) is 32.0 Å². The number of rotatable bonds is 4. The lowest BCUT2D eigenvalue weighted by molar-refractivity contribution is -0.119. The molecule has 0 bridgehead atoms. The summed E-state index contributed by atoms with van der Waals surface area (Å²) in [7, 11) is 0. The number of hydrogen-bond donors (Lipinski definition) is 1. The fraction of sp³-hybridized carbons (Fsp3) is 0.875. The van der Waals surface area contributed by atoms with Gasteiger partial charge >= 0.3 is 0 Å². The maximum absolute atomic E-state index is 10.5. The fourth-order valence-corrected chi connectivity index (χ4v) is 1.11. The molecule has 4 heteroatoms. The first kappa shape index (κ1) is 9.48. The van der Waals surface area contributed by atoms with E-state index in [1.54, 1.807) is 0 Å². The van der Waals surface area contributed by atoms with E-state index in [0.717, 1.165) is 12.8 Å². The molecule has 70 valence electrons. The summed E-state index contributed by atoms with van der Waals surface area (Å²) in [5, 5.41) is 2.72. The smallest absolute Gasteiger partial charge is 0.216 e. The average molecular weight is 173 g/mol. The summed E-state index contributed by atoms with van der Waals surface area (Å²) in [6, 6.07) is 0. The van der Waals surface area contributed by atoms with E-state index >= 15 is 0 Å². The predicted molar refractivity (Wildman–Crippen MR) is 43.6 cm³/mol. The van der Waals surface area contributed by atoms with Crippen molar-refractivity contribution in [3.05, 3.63) is 0 Å². The van der Waals surface area contributed by atoms with Crippen LogP contribution in [0.25, 0.3) is 0 Å². The molecule has 1 amide bonds. The third-order valence-corrected chi connectivity index (χ3v) is 1.68. The van der Waals surface area contributed by atoms with Gasteiger partial charge in [-0.2, -0.15) is 0 Å². The molecule has 0 radical (unpaired) electrons. The maximum atomic E-state index is 10.5. The molecule has 1 aliphatic rings. The van der Waals surface area contributed by atoms with Gasteiger partial charge in [-0.3, -0.25) is 4.79 Å². The minimum Gasteiger partial charge on any atom is -0.356 e. The lowest BCUT2D eigenvalue weighted by Crippen LogP contribution is -2.22. The van der Waals surface area contributed by atoms with Crippen LogP contribution in [0.5, 0.6) is 0 Å². The highest BCUT2D eigenvalue weighted by atomic mass is 16.7. The normalized spacial score (nSPS) is 18.1. The summed E-state index contributed by atoms with van der Waals surface area (Å²) in [6.45, 7) is 3.62. The van der Waals surface area contributed by atoms with Gasteiger partial charge in [0, 0.05) is 19.9 Å². The lowest BCUT2D eigenvalue weighted by atomic mass is 10.3. The van der Waals surface area contributed by atoms with Crippen LogP contribution in [0, 0.1) is 0 Å². The van der Waals surface area contributed by atoms with Gasteiger partial charge in [0.25, 0.3) is 0 Å². The van der Waals surface area contributed by atoms with Crippen molar-refractivity contribution in [3.63, 3.8) is 0 Å². The molecule has 0 unspecified atom stereocenters. The second-order valence-electron chi connectivity index (χ2n) is 2.80. The molecular formula is C8H15NO3. The Morgan fingerprint density at radius 1 is 1.50 bits per heavy atom. The summed E-state index contributed by atoms with van der Waals surface area (Å²) in [6.07, 6.45) is 1.73. The molecular weight excluding hydrogens is 158 g/mol. The number of carbonyl (C=O) groups excluding carboxylic acids is 1. The van der Waals surface area contributed by atoms with E-state index in [1.165, 1.54) is 6.92 Å². The van der Waals surface area contributed by atoms with Crippen molar-refractivity contribution in [3.8, 4) is 0 Å². The Kier molecular flexibility index (Phi) is 4.04. The summed E-state index contributed by atoms with van der Waals surface area (Å²) >= 11 is 0. The van der Waals surface area contributed by atoms with Gasteiger partial charge in [-0.1, -0.05) is 0 Å². The SMILES string of the molecule is CC(=O)NCCCC1OCCO1. The van der Waals surface area contributed by atoms with Crippen molar-refractivity contribution in [2.75, 3.05) is 19.8 Å². The monoisotopic (exact) mass is 173 g/mol. The first-order valence-electron chi connectivity index (χ1n) is 4.26. The van der Waals surface area contributed by atoms with Crippen LogP contribution in [0.1, 0.15) is 19.8 Å². The van der Waals surface area contributed by atoms with Crippen molar-refractivity contribution in [2.45, 2.75) is 26.1 Å². The second-order valence-corrected chi connectivity index (χ2v) is 2.80. The van der Waals surface area contributed by atoms with Crippen molar-refractivity contribution >= 4 is 5.91 Å². The highest BCUT2D eigenvalue weighted by Gasteiger charge is 2.14. The maximum Gasteiger partial charge on any atom is 0.216 e. The summed E-state index contributed by atoms with van der Waals surface area (Å²) in [4.78, 5) is 10.5. The van der Waals surface area contributed by atoms with Gasteiger partial charge in [0.15, 0.2) is 6.29 Å². The molecule has 1 saturated heterocycles. The van der Waals surface area contributed by atoms with Gasteiger partial charge in [-0.05, 0) is 6.42 Å². The molecule has 1 N–H and O–H groups in total. The molecule has 0 atom stereocenters. The van der Waals surface area contributed by atoms with E-state index in [1.807, 2.05) is 0 Å². The predicted octanol–water partition coefficient (Wildman–Crippen LogP) is 0.276. The topological polar surface area (TPSA) is 47.6 Å². The Bertz CT molecular complexity index is 143. The van der Waals surface area contributed by atoms with Gasteiger partial charge in [0.1, 0.15) is 0 Å². The van der Waals surface area contributed by atoms with Crippen LogP contribution in [0.15, 0.2) is 0 Å². The highest BCUT2D eigenvalue weighted by molar-refractivity contribution is 5.72. The molecule has 0 spiro atoms. The summed E-state index contributed by atoms with van der Waals surface area (Å²) < 4.78 is 10.5. The number of carbonyl (C=O) groups is 1. The van der Waals surface area contributed by atoms with Crippen molar-refractivity contribution in [2.24, 2.45) is 0 Å². The molecule has 0 aromatic heterocycles. The minimum absolute atomic E-state index is 0.0169. The fourth-order valence-electron chi connectivity index (χ4n) is 1.11. The largest absolute Gasteiger partial charge is 0.356 e. The van der Waals surface area contributed by atoms with E-state index in [4.69, 9.17) is 9.47 Å². The molecule has 1 fully saturated rings. The Morgan fingerprint density at radius 3 is 2.75 bits per heavy atom. The van der Waals surface area contributed by atoms with E-state index in [2.05, 4.69) is 5.32 Å². The van der Waals surface area contributed by atoms with E-state index in [0.29, 0.717) is 19.8 Å². The van der Waals surface area contributed by atoms with E-state index < -0.39 is 0 Å². The van der Waals surface area contributed by atoms with Gasteiger partial charge < -0.3 is 14.8 Å². The van der Waals surface area contributed by atoms with Gasteiger partial charge in [0.05, 0.1) is 13.2 Å². The van der Waals surface area contributed by atoms with Crippen LogP contribution in [-0.2, 0) is 14.3 Å². The lowest BCUT2D eigenvalue weighted by Gasteiger charge is -2.08. The first-order chi connectivity index (χ1) is 5.79. The van der Waals surface area contributed by atoms with Crippen molar-refractivity contribution < 1.29 is 14.3 Å². The second kappa shape index (κ2) is 5.11. The number of amides is 1. The average Bonchev–Trinajstić information content (AvgIpc) is 2.49. The van der Waals surface area contributed by atoms with Crippen LogP contribution >= 0.6 is 0 Å². The minimum atomic E-state index is -0.0428. The zero-order valence-electron chi connectivity index (χ0n) is 7.34. The molecule has 0 saturated carbocycles. The van der Waals surface area contributed by atoms with Crippen molar-refractivity contribution in [1.29, 1.82) is 0 Å². The van der Waals surface area contributed by atoms with Crippen LogP contribution < -0.4 is 5.32 Å². The number of hydrogen-bond acceptors (Lipinski definition) is 3. The number of ether oxygens (including phenoxy) is 2. The summed E-state index contributed by atoms with van der Waals surface area (Å²) in [5.74, 6) is 0.0169.